The fourth-order valence-electron chi connectivity index (χ4n) is 3.45. The molecular weight excluding hydrogens is 421 g/mol. The summed E-state index contributed by atoms with van der Waals surface area (Å²) in [6.07, 6.45) is -0.451. The van der Waals surface area contributed by atoms with Gasteiger partial charge in [-0.05, 0) is 43.7 Å². The Kier molecular flexibility index (Phi) is 12.7. The van der Waals surface area contributed by atoms with E-state index < -0.39 is 11.9 Å². The Bertz CT molecular complexity index is 717. The average Bonchev–Trinajstić information content (AvgIpc) is 2.78. The van der Waals surface area contributed by atoms with Gasteiger partial charge in [0.2, 0.25) is 0 Å². The number of methoxy groups -OCH3 is 2. The summed E-state index contributed by atoms with van der Waals surface area (Å²) in [7, 11) is 3.18. The first-order valence-electron chi connectivity index (χ1n) is 11.4. The Morgan fingerprint density at radius 2 is 1.62 bits per heavy atom. The van der Waals surface area contributed by atoms with Crippen LogP contribution in [-0.4, -0.2) is 57.2 Å². The number of nitrogens with zero attached hydrogens (tertiary/aromatic N) is 2. The number of ether oxygens (including phenoxy) is 3. The van der Waals surface area contributed by atoms with E-state index in [0.29, 0.717) is 24.9 Å². The van der Waals surface area contributed by atoms with Crippen molar-refractivity contribution in [3.8, 4) is 11.8 Å². The molecule has 3 rings (SSSR count). The van der Waals surface area contributed by atoms with Crippen molar-refractivity contribution >= 4 is 5.69 Å². The van der Waals surface area contributed by atoms with Gasteiger partial charge in [-0.25, -0.2) is 4.98 Å². The van der Waals surface area contributed by atoms with E-state index in [1.807, 2.05) is 32.6 Å². The first-order chi connectivity index (χ1) is 15.4. The van der Waals surface area contributed by atoms with Crippen molar-refractivity contribution in [3.63, 3.8) is 0 Å². The Labute approximate surface area is 190 Å². The number of alkyl halides is 3. The lowest BCUT2D eigenvalue weighted by Crippen LogP contribution is -2.43. The highest BCUT2D eigenvalue weighted by molar-refractivity contribution is 5.52. The minimum atomic E-state index is -4.52. The van der Waals surface area contributed by atoms with Crippen molar-refractivity contribution in [1.82, 2.24) is 4.98 Å². The quantitative estimate of drug-likeness (QED) is 0.559. The molecule has 182 valence electrons. The minimum absolute atomic E-state index is 0.0975. The van der Waals surface area contributed by atoms with Crippen LogP contribution in [0.1, 0.15) is 64.8 Å². The maximum Gasteiger partial charge on any atom is 0.433 e. The second kappa shape index (κ2) is 14.4. The lowest BCUT2D eigenvalue weighted by Gasteiger charge is -2.40. The monoisotopic (exact) mass is 458 g/mol. The molecular formula is C24H37F3N2O3. The number of hydrogen-bond donors (Lipinski definition) is 0. The molecule has 1 saturated heterocycles. The summed E-state index contributed by atoms with van der Waals surface area (Å²) in [5.74, 6) is 5.31. The maximum atomic E-state index is 13.2. The largest absolute Gasteiger partial charge is 0.433 e. The molecule has 0 aromatic carbocycles. The molecule has 0 unspecified atom stereocenters. The number of pyridine rings is 1. The van der Waals surface area contributed by atoms with Crippen LogP contribution < -0.4 is 4.90 Å². The fourth-order valence-corrected chi connectivity index (χ4v) is 3.45. The van der Waals surface area contributed by atoms with Crippen LogP contribution in [0.2, 0.25) is 0 Å². The molecule has 0 atom stereocenters. The highest BCUT2D eigenvalue weighted by Crippen LogP contribution is 2.33. The number of halogens is 3. The van der Waals surface area contributed by atoms with Crippen molar-refractivity contribution in [2.45, 2.75) is 77.9 Å². The Balaban J connectivity index is 0.00000121. The Hall–Kier alpha value is -1.82. The van der Waals surface area contributed by atoms with Crippen LogP contribution in [0.25, 0.3) is 0 Å². The van der Waals surface area contributed by atoms with Crippen LogP contribution >= 0.6 is 0 Å². The smallest absolute Gasteiger partial charge is 0.381 e. The van der Waals surface area contributed by atoms with Crippen LogP contribution in [0, 0.1) is 11.8 Å². The second-order valence-electron chi connectivity index (χ2n) is 7.10. The molecule has 5 nitrogen and oxygen atoms in total. The predicted molar refractivity (Wildman–Crippen MR) is 121 cm³/mol. The van der Waals surface area contributed by atoms with E-state index in [-0.39, 0.29) is 24.5 Å². The van der Waals surface area contributed by atoms with Gasteiger partial charge in [0.25, 0.3) is 0 Å². The van der Waals surface area contributed by atoms with E-state index in [9.17, 15) is 13.2 Å². The number of hydrogen-bond acceptors (Lipinski definition) is 5. The molecule has 1 aliphatic heterocycles. The fraction of sp³-hybridized carbons (Fsp3) is 0.708. The van der Waals surface area contributed by atoms with Gasteiger partial charge in [0, 0.05) is 33.0 Å². The molecule has 0 N–H and O–H groups in total. The SMILES string of the molecule is CC.CC.COCC#Cc1cc(N2CCC(OC3CC(OC)C3)CC2)cc(C(F)(F)F)n1. The van der Waals surface area contributed by atoms with Crippen LogP contribution in [0.4, 0.5) is 18.9 Å². The first kappa shape index (κ1) is 28.2. The van der Waals surface area contributed by atoms with E-state index in [4.69, 9.17) is 14.2 Å². The summed E-state index contributed by atoms with van der Waals surface area (Å²) in [4.78, 5) is 5.58. The molecule has 2 aliphatic rings. The Morgan fingerprint density at radius 1 is 1.00 bits per heavy atom. The average molecular weight is 459 g/mol. The van der Waals surface area contributed by atoms with Crippen molar-refractivity contribution in [3.05, 3.63) is 23.5 Å². The topological polar surface area (TPSA) is 43.8 Å². The molecule has 2 fully saturated rings. The van der Waals surface area contributed by atoms with Crippen molar-refractivity contribution in [2.24, 2.45) is 0 Å². The third-order valence-electron chi connectivity index (χ3n) is 5.11. The van der Waals surface area contributed by atoms with Gasteiger partial charge in [-0.3, -0.25) is 0 Å². The zero-order chi connectivity index (χ0) is 24.1. The van der Waals surface area contributed by atoms with Crippen molar-refractivity contribution in [2.75, 3.05) is 38.8 Å². The molecule has 0 spiro atoms. The lowest BCUT2D eigenvalue weighted by molar-refractivity contribution is -0.141. The maximum absolute atomic E-state index is 13.2. The highest BCUT2D eigenvalue weighted by Gasteiger charge is 2.35. The number of piperidine rings is 1. The summed E-state index contributed by atoms with van der Waals surface area (Å²) in [5.41, 5.74) is -0.337. The van der Waals surface area contributed by atoms with Gasteiger partial charge >= 0.3 is 6.18 Å². The van der Waals surface area contributed by atoms with Gasteiger partial charge in [-0.2, -0.15) is 13.2 Å². The van der Waals surface area contributed by atoms with Gasteiger partial charge in [0.05, 0.1) is 18.3 Å². The molecule has 32 heavy (non-hydrogen) atoms. The normalized spacial score (nSPS) is 20.6. The lowest BCUT2D eigenvalue weighted by atomic mass is 9.91. The van der Waals surface area contributed by atoms with Crippen LogP contribution in [0.15, 0.2) is 12.1 Å². The van der Waals surface area contributed by atoms with Crippen molar-refractivity contribution in [1.29, 1.82) is 0 Å². The molecule has 1 aromatic rings. The van der Waals surface area contributed by atoms with Crippen LogP contribution in [0.3, 0.4) is 0 Å². The number of aromatic nitrogens is 1. The zero-order valence-electron chi connectivity index (χ0n) is 20.1. The summed E-state index contributed by atoms with van der Waals surface area (Å²) in [5, 5.41) is 0. The summed E-state index contributed by atoms with van der Waals surface area (Å²) in [6, 6.07) is 2.70. The van der Waals surface area contributed by atoms with Gasteiger partial charge in [0.1, 0.15) is 18.0 Å². The number of anilines is 1. The van der Waals surface area contributed by atoms with E-state index in [1.54, 1.807) is 13.2 Å². The van der Waals surface area contributed by atoms with E-state index in [2.05, 4.69) is 16.8 Å². The second-order valence-corrected chi connectivity index (χ2v) is 7.10. The molecule has 0 radical (unpaired) electrons. The van der Waals surface area contributed by atoms with Gasteiger partial charge in [-0.1, -0.05) is 33.6 Å². The van der Waals surface area contributed by atoms with Gasteiger partial charge < -0.3 is 19.1 Å². The third-order valence-corrected chi connectivity index (χ3v) is 5.11. The molecule has 1 saturated carbocycles. The van der Waals surface area contributed by atoms with Crippen LogP contribution in [-0.2, 0) is 20.4 Å². The van der Waals surface area contributed by atoms with E-state index in [0.717, 1.165) is 31.7 Å². The standard InChI is InChI=1S/C20H25F3N2O3.2C2H6/c1-26-9-3-4-14-10-15(11-19(24-14)20(21,22)23)25-7-5-16(6-8-25)28-18-12-17(13-18)27-2;2*1-2/h10-11,16-18H,5-9,12-13H2,1-2H3;2*1-2H3. The molecule has 8 heteroatoms. The summed E-state index contributed by atoms with van der Waals surface area (Å²) in [6.45, 7) is 9.41. The molecule has 1 aromatic heterocycles. The van der Waals surface area contributed by atoms with E-state index in [1.165, 1.54) is 7.11 Å². The Morgan fingerprint density at radius 3 is 2.16 bits per heavy atom. The summed E-state index contributed by atoms with van der Waals surface area (Å²) < 4.78 is 55.9. The molecule has 1 aliphatic carbocycles. The first-order valence-corrected chi connectivity index (χ1v) is 11.4. The molecule has 0 amide bonds. The molecule has 2 heterocycles. The van der Waals surface area contributed by atoms with Crippen LogP contribution in [0.5, 0.6) is 0 Å². The summed E-state index contributed by atoms with van der Waals surface area (Å²) >= 11 is 0. The van der Waals surface area contributed by atoms with E-state index >= 15 is 0 Å². The van der Waals surface area contributed by atoms with Gasteiger partial charge in [0.15, 0.2) is 0 Å². The zero-order valence-corrected chi connectivity index (χ0v) is 20.1. The highest BCUT2D eigenvalue weighted by atomic mass is 19.4. The predicted octanol–water partition coefficient (Wildman–Crippen LogP) is 5.31. The van der Waals surface area contributed by atoms with Gasteiger partial charge in [-0.15, -0.1) is 0 Å². The number of rotatable bonds is 5. The minimum Gasteiger partial charge on any atom is -0.381 e. The van der Waals surface area contributed by atoms with Crippen molar-refractivity contribution < 1.29 is 27.4 Å². The third kappa shape index (κ3) is 8.61. The molecule has 0 bridgehead atoms.